The largest absolute Gasteiger partial charge is 0.497 e. The number of rotatable bonds is 3. The number of hydrogen-bond acceptors (Lipinski definition) is 3. The normalized spacial score (nSPS) is 14.9. The fraction of sp³-hybridized carbons (Fsp3) is 0.0833. The number of methoxy groups -OCH3 is 1. The number of fused-ring (bicyclic) bond motifs is 1. The fourth-order valence-corrected chi connectivity index (χ4v) is 3.39. The predicted octanol–water partition coefficient (Wildman–Crippen LogP) is 4.73. The van der Waals surface area contributed by atoms with Gasteiger partial charge < -0.3 is 4.74 Å². The summed E-state index contributed by atoms with van der Waals surface area (Å²) in [6.07, 6.45) is 1.80. The highest BCUT2D eigenvalue weighted by Crippen LogP contribution is 2.33. The van der Waals surface area contributed by atoms with Gasteiger partial charge in [-0.15, -0.1) is 0 Å². The first kappa shape index (κ1) is 17.7. The number of amides is 2. The van der Waals surface area contributed by atoms with Crippen molar-refractivity contribution in [3.63, 3.8) is 0 Å². The number of anilines is 1. The molecule has 0 saturated carbocycles. The second-order valence-corrected chi connectivity index (χ2v) is 6.66. The van der Waals surface area contributed by atoms with Crippen molar-refractivity contribution in [2.24, 2.45) is 0 Å². The van der Waals surface area contributed by atoms with E-state index in [9.17, 15) is 9.59 Å². The van der Waals surface area contributed by atoms with Crippen molar-refractivity contribution in [2.75, 3.05) is 12.0 Å². The number of carbonyl (C=O) groups is 2. The molecule has 1 aliphatic rings. The highest BCUT2D eigenvalue weighted by Gasteiger charge is 2.35. The lowest BCUT2D eigenvalue weighted by Gasteiger charge is -2.29. The number of aryl methyl sites for hydroxylation is 1. The van der Waals surface area contributed by atoms with Crippen LogP contribution in [0, 0.1) is 6.92 Å². The minimum atomic E-state index is -0.336. The Balaban J connectivity index is 1.89. The van der Waals surface area contributed by atoms with Crippen LogP contribution in [-0.2, 0) is 4.79 Å². The standard InChI is InChI=1S/C24H19NO3/c1-16-7-5-9-18(13-16)25-23(26)21-12-4-3-11-20(21)22(24(25)27)15-17-8-6-10-19(14-17)28-2/h3-15H,1-2H3. The van der Waals surface area contributed by atoms with Crippen LogP contribution in [0.25, 0.3) is 11.6 Å². The zero-order valence-corrected chi connectivity index (χ0v) is 15.7. The van der Waals surface area contributed by atoms with Crippen LogP contribution in [-0.4, -0.2) is 18.9 Å². The van der Waals surface area contributed by atoms with Crippen molar-refractivity contribution in [1.29, 1.82) is 0 Å². The smallest absolute Gasteiger partial charge is 0.265 e. The number of hydrogen-bond donors (Lipinski definition) is 0. The van der Waals surface area contributed by atoms with Crippen LogP contribution in [0.1, 0.15) is 27.0 Å². The Morgan fingerprint density at radius 2 is 1.57 bits per heavy atom. The highest BCUT2D eigenvalue weighted by molar-refractivity contribution is 6.43. The summed E-state index contributed by atoms with van der Waals surface area (Å²) in [5.74, 6) is 0.0589. The van der Waals surface area contributed by atoms with Crippen LogP contribution in [0.2, 0.25) is 0 Å². The molecule has 4 nitrogen and oxygen atoms in total. The minimum absolute atomic E-state index is 0.311. The molecule has 0 N–H and O–H groups in total. The molecule has 3 aromatic carbocycles. The minimum Gasteiger partial charge on any atom is -0.497 e. The van der Waals surface area contributed by atoms with Gasteiger partial charge in [0.15, 0.2) is 0 Å². The lowest BCUT2D eigenvalue weighted by Crippen LogP contribution is -2.41. The molecule has 2 amide bonds. The van der Waals surface area contributed by atoms with Crippen molar-refractivity contribution >= 4 is 29.2 Å². The number of ether oxygens (including phenoxy) is 1. The summed E-state index contributed by atoms with van der Waals surface area (Å²) in [5, 5.41) is 0. The van der Waals surface area contributed by atoms with E-state index < -0.39 is 0 Å². The molecule has 0 aliphatic carbocycles. The SMILES string of the molecule is COc1cccc(C=C2C(=O)N(c3cccc(C)c3)C(=O)c3ccccc32)c1. The first-order chi connectivity index (χ1) is 13.6. The summed E-state index contributed by atoms with van der Waals surface area (Å²) >= 11 is 0. The van der Waals surface area contributed by atoms with E-state index in [4.69, 9.17) is 4.74 Å². The Morgan fingerprint density at radius 3 is 2.32 bits per heavy atom. The van der Waals surface area contributed by atoms with Gasteiger partial charge in [-0.05, 0) is 60.0 Å². The molecule has 1 heterocycles. The number of nitrogens with zero attached hydrogens (tertiary/aromatic N) is 1. The fourth-order valence-electron chi connectivity index (χ4n) is 3.39. The van der Waals surface area contributed by atoms with Gasteiger partial charge in [0.1, 0.15) is 5.75 Å². The summed E-state index contributed by atoms with van der Waals surface area (Å²) < 4.78 is 5.28. The van der Waals surface area contributed by atoms with Crippen LogP contribution < -0.4 is 9.64 Å². The van der Waals surface area contributed by atoms with E-state index in [2.05, 4.69) is 0 Å². The second kappa shape index (κ2) is 7.16. The topological polar surface area (TPSA) is 46.6 Å². The average Bonchev–Trinajstić information content (AvgIpc) is 2.71. The third kappa shape index (κ3) is 3.09. The van der Waals surface area contributed by atoms with E-state index in [1.807, 2.05) is 67.6 Å². The van der Waals surface area contributed by atoms with Gasteiger partial charge >= 0.3 is 0 Å². The van der Waals surface area contributed by atoms with E-state index >= 15 is 0 Å². The third-order valence-corrected chi connectivity index (χ3v) is 4.75. The predicted molar refractivity (Wildman–Crippen MR) is 110 cm³/mol. The van der Waals surface area contributed by atoms with Gasteiger partial charge in [0, 0.05) is 11.1 Å². The Labute approximate surface area is 163 Å². The van der Waals surface area contributed by atoms with Gasteiger partial charge in [0.25, 0.3) is 11.8 Å². The summed E-state index contributed by atoms with van der Waals surface area (Å²) in [4.78, 5) is 27.7. The van der Waals surface area contributed by atoms with Crippen LogP contribution in [0.3, 0.4) is 0 Å². The lowest BCUT2D eigenvalue weighted by atomic mass is 9.91. The van der Waals surface area contributed by atoms with Crippen molar-refractivity contribution < 1.29 is 14.3 Å². The molecule has 0 fully saturated rings. The van der Waals surface area contributed by atoms with E-state index in [0.29, 0.717) is 28.1 Å². The molecule has 0 atom stereocenters. The summed E-state index contributed by atoms with van der Waals surface area (Å²) in [6, 6.07) is 22.1. The second-order valence-electron chi connectivity index (χ2n) is 6.66. The van der Waals surface area contributed by atoms with Gasteiger partial charge in [0.2, 0.25) is 0 Å². The number of benzene rings is 3. The monoisotopic (exact) mass is 369 g/mol. The van der Waals surface area contributed by atoms with Gasteiger partial charge in [-0.2, -0.15) is 0 Å². The third-order valence-electron chi connectivity index (χ3n) is 4.75. The van der Waals surface area contributed by atoms with Crippen molar-refractivity contribution in [3.8, 4) is 5.75 Å². The molecule has 0 radical (unpaired) electrons. The molecule has 138 valence electrons. The molecule has 0 spiro atoms. The lowest BCUT2D eigenvalue weighted by molar-refractivity contribution is -0.112. The molecule has 28 heavy (non-hydrogen) atoms. The molecular weight excluding hydrogens is 350 g/mol. The summed E-state index contributed by atoms with van der Waals surface area (Å²) in [6.45, 7) is 1.93. The van der Waals surface area contributed by atoms with Gasteiger partial charge in [-0.25, -0.2) is 4.90 Å². The Hall–Kier alpha value is -3.66. The molecule has 3 aromatic rings. The van der Waals surface area contributed by atoms with Crippen LogP contribution >= 0.6 is 0 Å². The van der Waals surface area contributed by atoms with E-state index in [1.165, 1.54) is 4.90 Å². The quantitative estimate of drug-likeness (QED) is 0.495. The number of carbonyl (C=O) groups excluding carboxylic acids is 2. The zero-order valence-electron chi connectivity index (χ0n) is 15.7. The molecule has 0 bridgehead atoms. The Morgan fingerprint density at radius 1 is 0.821 bits per heavy atom. The van der Waals surface area contributed by atoms with E-state index in [-0.39, 0.29) is 11.8 Å². The molecule has 0 saturated heterocycles. The molecule has 1 aliphatic heterocycles. The maximum Gasteiger partial charge on any atom is 0.265 e. The van der Waals surface area contributed by atoms with Gasteiger partial charge in [-0.3, -0.25) is 9.59 Å². The molecular formula is C24H19NO3. The van der Waals surface area contributed by atoms with Gasteiger partial charge in [0.05, 0.1) is 12.8 Å². The van der Waals surface area contributed by atoms with E-state index in [0.717, 1.165) is 11.1 Å². The molecule has 0 aromatic heterocycles. The molecule has 4 heteroatoms. The van der Waals surface area contributed by atoms with Crippen LogP contribution in [0.5, 0.6) is 5.75 Å². The van der Waals surface area contributed by atoms with Crippen molar-refractivity contribution in [3.05, 3.63) is 95.1 Å². The maximum absolute atomic E-state index is 13.4. The average molecular weight is 369 g/mol. The first-order valence-electron chi connectivity index (χ1n) is 8.99. The van der Waals surface area contributed by atoms with Crippen molar-refractivity contribution in [1.82, 2.24) is 0 Å². The first-order valence-corrected chi connectivity index (χ1v) is 8.99. The van der Waals surface area contributed by atoms with Crippen LogP contribution in [0.15, 0.2) is 72.8 Å². The number of imide groups is 1. The molecule has 4 rings (SSSR count). The van der Waals surface area contributed by atoms with Gasteiger partial charge in [-0.1, -0.05) is 42.5 Å². The Bertz CT molecular complexity index is 1110. The van der Waals surface area contributed by atoms with Crippen molar-refractivity contribution in [2.45, 2.75) is 6.92 Å². The zero-order chi connectivity index (χ0) is 19.7. The Kier molecular flexibility index (Phi) is 4.53. The van der Waals surface area contributed by atoms with Crippen LogP contribution in [0.4, 0.5) is 5.69 Å². The summed E-state index contributed by atoms with van der Waals surface area (Å²) in [7, 11) is 1.60. The summed E-state index contributed by atoms with van der Waals surface area (Å²) in [5.41, 5.74) is 4.01. The molecule has 0 unspecified atom stereocenters. The maximum atomic E-state index is 13.4. The van der Waals surface area contributed by atoms with E-state index in [1.54, 1.807) is 25.3 Å². The highest BCUT2D eigenvalue weighted by atomic mass is 16.5.